The van der Waals surface area contributed by atoms with E-state index in [-0.39, 0.29) is 12.3 Å². The van der Waals surface area contributed by atoms with Gasteiger partial charge in [0.1, 0.15) is 5.75 Å². The molecule has 28 heavy (non-hydrogen) atoms. The van der Waals surface area contributed by atoms with Gasteiger partial charge in [0.05, 0.1) is 24.9 Å². The highest BCUT2D eigenvalue weighted by atomic mass is 79.9. The molecule has 1 N–H and O–H groups in total. The van der Waals surface area contributed by atoms with Crippen molar-refractivity contribution >= 4 is 38.3 Å². The van der Waals surface area contributed by atoms with Crippen LogP contribution >= 0.6 is 15.9 Å². The van der Waals surface area contributed by atoms with Gasteiger partial charge >= 0.3 is 0 Å². The summed E-state index contributed by atoms with van der Waals surface area (Å²) in [5, 5.41) is 5.12. The second-order valence-corrected chi connectivity index (χ2v) is 7.36. The Morgan fingerprint density at radius 3 is 2.61 bits per heavy atom. The Hall–Kier alpha value is -3.05. The van der Waals surface area contributed by atoms with Gasteiger partial charge in [-0.1, -0.05) is 40.2 Å². The van der Waals surface area contributed by atoms with Crippen molar-refractivity contribution < 1.29 is 9.53 Å². The highest BCUT2D eigenvalue weighted by Gasteiger charge is 2.14. The number of nitrogens with one attached hydrogen (secondary N) is 1. The van der Waals surface area contributed by atoms with Crippen LogP contribution < -0.4 is 10.1 Å². The van der Waals surface area contributed by atoms with E-state index < -0.39 is 0 Å². The van der Waals surface area contributed by atoms with Gasteiger partial charge in [-0.05, 0) is 53.2 Å². The lowest BCUT2D eigenvalue weighted by Crippen LogP contribution is -2.16. The van der Waals surface area contributed by atoms with Gasteiger partial charge in [0, 0.05) is 22.4 Å². The number of amides is 1. The molecule has 1 amide bonds. The van der Waals surface area contributed by atoms with Gasteiger partial charge in [0.15, 0.2) is 0 Å². The van der Waals surface area contributed by atoms with Crippen LogP contribution in [0.5, 0.6) is 5.75 Å². The Morgan fingerprint density at radius 2 is 1.82 bits per heavy atom. The fourth-order valence-corrected chi connectivity index (χ4v) is 3.75. The second kappa shape index (κ2) is 7.90. The normalized spacial score (nSPS) is 10.8. The maximum Gasteiger partial charge on any atom is 0.229 e. The third-order valence-electron chi connectivity index (χ3n) is 4.67. The smallest absolute Gasteiger partial charge is 0.229 e. The summed E-state index contributed by atoms with van der Waals surface area (Å²) in [6, 6.07) is 21.6. The van der Waals surface area contributed by atoms with E-state index in [0.29, 0.717) is 5.75 Å². The number of para-hydroxylation sites is 2. The quantitative estimate of drug-likeness (QED) is 0.445. The van der Waals surface area contributed by atoms with Crippen molar-refractivity contribution in [2.75, 3.05) is 12.4 Å². The maximum atomic E-state index is 12.9. The summed E-state index contributed by atoms with van der Waals surface area (Å²) >= 11 is 3.50. The number of hydrogen-bond donors (Lipinski definition) is 1. The number of methoxy groups -OCH3 is 1. The fraction of sp³-hybridized carbons (Fsp3) is 0.0870. The van der Waals surface area contributed by atoms with E-state index in [1.54, 1.807) is 7.11 Å². The van der Waals surface area contributed by atoms with Crippen molar-refractivity contribution in [3.05, 3.63) is 89.2 Å². The van der Waals surface area contributed by atoms with Gasteiger partial charge < -0.3 is 14.6 Å². The lowest BCUT2D eigenvalue weighted by atomic mass is 10.0. The molecule has 4 nitrogen and oxygen atoms in total. The molecule has 0 atom stereocenters. The monoisotopic (exact) mass is 434 g/mol. The summed E-state index contributed by atoms with van der Waals surface area (Å²) in [6.45, 7) is 0. The van der Waals surface area contributed by atoms with Crippen molar-refractivity contribution in [2.45, 2.75) is 6.42 Å². The lowest BCUT2D eigenvalue weighted by Gasteiger charge is -2.15. The minimum absolute atomic E-state index is 0.0895. The van der Waals surface area contributed by atoms with Gasteiger partial charge in [-0.15, -0.1) is 0 Å². The van der Waals surface area contributed by atoms with Crippen LogP contribution in [0.3, 0.4) is 0 Å². The molecule has 140 valence electrons. The molecule has 0 saturated heterocycles. The van der Waals surface area contributed by atoms with Gasteiger partial charge in [-0.2, -0.15) is 0 Å². The molecule has 5 heteroatoms. The summed E-state index contributed by atoms with van der Waals surface area (Å²) < 4.78 is 8.50. The van der Waals surface area contributed by atoms with Gasteiger partial charge in [-0.25, -0.2) is 0 Å². The first-order valence-corrected chi connectivity index (χ1v) is 9.72. The highest BCUT2D eigenvalue weighted by Crippen LogP contribution is 2.31. The van der Waals surface area contributed by atoms with E-state index in [1.165, 1.54) is 0 Å². The molecule has 0 bridgehead atoms. The molecule has 3 aromatic carbocycles. The molecule has 1 aromatic heterocycles. The number of aromatic nitrogens is 1. The van der Waals surface area contributed by atoms with Gasteiger partial charge in [-0.3, -0.25) is 4.79 Å². The van der Waals surface area contributed by atoms with Crippen LogP contribution in [0.4, 0.5) is 5.69 Å². The number of benzene rings is 3. The zero-order valence-electron chi connectivity index (χ0n) is 15.4. The molecular formula is C23H19BrN2O2. The summed E-state index contributed by atoms with van der Waals surface area (Å²) in [5.41, 5.74) is 2.57. The van der Waals surface area contributed by atoms with E-state index in [0.717, 1.165) is 32.2 Å². The van der Waals surface area contributed by atoms with Crippen LogP contribution in [0.1, 0.15) is 5.56 Å². The first-order valence-electron chi connectivity index (χ1n) is 8.93. The van der Waals surface area contributed by atoms with Gasteiger partial charge in [0.25, 0.3) is 0 Å². The van der Waals surface area contributed by atoms with E-state index in [2.05, 4.69) is 21.2 Å². The van der Waals surface area contributed by atoms with Crippen molar-refractivity contribution in [1.29, 1.82) is 0 Å². The molecule has 1 heterocycles. The Morgan fingerprint density at radius 1 is 1.04 bits per heavy atom. The Kier molecular flexibility index (Phi) is 5.17. The van der Waals surface area contributed by atoms with Crippen LogP contribution in [-0.4, -0.2) is 17.6 Å². The summed E-state index contributed by atoms with van der Waals surface area (Å²) in [4.78, 5) is 12.9. The molecule has 0 spiro atoms. The third-order valence-corrected chi connectivity index (χ3v) is 5.16. The number of nitrogens with zero attached hydrogens (tertiary/aromatic N) is 1. The Balaban J connectivity index is 1.65. The molecule has 0 aliphatic rings. The average Bonchev–Trinajstić information content (AvgIpc) is 3.23. The molecule has 0 aliphatic carbocycles. The van der Waals surface area contributed by atoms with E-state index in [9.17, 15) is 4.79 Å². The largest absolute Gasteiger partial charge is 0.496 e. The summed E-state index contributed by atoms with van der Waals surface area (Å²) in [6.07, 6.45) is 4.13. The number of ether oxygens (including phenoxy) is 1. The molecule has 0 saturated carbocycles. The zero-order valence-corrected chi connectivity index (χ0v) is 16.9. The van der Waals surface area contributed by atoms with Crippen molar-refractivity contribution in [2.24, 2.45) is 0 Å². The van der Waals surface area contributed by atoms with Gasteiger partial charge in [0.2, 0.25) is 5.91 Å². The molecule has 0 radical (unpaired) electrons. The van der Waals surface area contributed by atoms with E-state index in [1.807, 2.05) is 83.7 Å². The van der Waals surface area contributed by atoms with Crippen LogP contribution in [-0.2, 0) is 11.2 Å². The highest BCUT2D eigenvalue weighted by molar-refractivity contribution is 9.10. The molecule has 0 unspecified atom stereocenters. The molecule has 0 aliphatic heterocycles. The number of hydrogen-bond acceptors (Lipinski definition) is 2. The molecule has 4 aromatic rings. The number of carbonyl (C=O) groups excluding carboxylic acids is 1. The van der Waals surface area contributed by atoms with Crippen molar-refractivity contribution in [1.82, 2.24) is 4.57 Å². The van der Waals surface area contributed by atoms with Crippen molar-refractivity contribution in [3.8, 4) is 11.4 Å². The average molecular weight is 435 g/mol. The zero-order chi connectivity index (χ0) is 19.5. The topological polar surface area (TPSA) is 43.3 Å². The first-order chi connectivity index (χ1) is 13.7. The molecule has 4 rings (SSSR count). The standard InChI is InChI=1S/C23H19BrN2O2/c1-28-22-11-8-16-14-17(24)9-10-18(16)19(22)15-23(27)25-20-6-2-3-7-21(20)26-12-4-5-13-26/h2-14H,15H2,1H3,(H,25,27). The summed E-state index contributed by atoms with van der Waals surface area (Å²) in [5.74, 6) is 0.622. The molecule has 0 fully saturated rings. The van der Waals surface area contributed by atoms with Crippen LogP contribution in [0.15, 0.2) is 83.6 Å². The third kappa shape index (κ3) is 3.66. The lowest BCUT2D eigenvalue weighted by molar-refractivity contribution is -0.115. The number of anilines is 1. The minimum Gasteiger partial charge on any atom is -0.496 e. The number of carbonyl (C=O) groups is 1. The number of halogens is 1. The fourth-order valence-electron chi connectivity index (χ4n) is 3.37. The predicted molar refractivity (Wildman–Crippen MR) is 116 cm³/mol. The van der Waals surface area contributed by atoms with Crippen LogP contribution in [0, 0.1) is 0 Å². The van der Waals surface area contributed by atoms with Crippen molar-refractivity contribution in [3.63, 3.8) is 0 Å². The second-order valence-electron chi connectivity index (χ2n) is 6.44. The maximum absolute atomic E-state index is 12.9. The predicted octanol–water partition coefficient (Wildman–Crippen LogP) is 5.58. The van der Waals surface area contributed by atoms with E-state index in [4.69, 9.17) is 4.74 Å². The summed E-state index contributed by atoms with van der Waals surface area (Å²) in [7, 11) is 1.63. The van der Waals surface area contributed by atoms with E-state index >= 15 is 0 Å². The van der Waals surface area contributed by atoms with Crippen LogP contribution in [0.2, 0.25) is 0 Å². The van der Waals surface area contributed by atoms with Crippen LogP contribution in [0.25, 0.3) is 16.5 Å². The Labute approximate surface area is 171 Å². The Bertz CT molecular complexity index is 1140. The minimum atomic E-state index is -0.0895. The SMILES string of the molecule is COc1ccc2cc(Br)ccc2c1CC(=O)Nc1ccccc1-n1cccc1. The number of fused-ring (bicyclic) bond motifs is 1. The number of rotatable bonds is 5. The molecular weight excluding hydrogens is 416 g/mol. The first kappa shape index (κ1) is 18.3.